The van der Waals surface area contributed by atoms with Gasteiger partial charge >= 0.3 is 6.03 Å². The van der Waals surface area contributed by atoms with E-state index in [1.807, 2.05) is 25.1 Å². The number of ether oxygens (including phenoxy) is 3. The lowest BCUT2D eigenvalue weighted by Crippen LogP contribution is -2.45. The second-order valence-electron chi connectivity index (χ2n) is 4.45. The molecule has 6 heteroatoms. The molecule has 1 aromatic rings. The van der Waals surface area contributed by atoms with Gasteiger partial charge in [-0.3, -0.25) is 0 Å². The zero-order valence-electron chi connectivity index (χ0n) is 11.7. The van der Waals surface area contributed by atoms with Crippen LogP contribution in [0.3, 0.4) is 0 Å². The summed E-state index contributed by atoms with van der Waals surface area (Å²) < 4.78 is 16.0. The van der Waals surface area contributed by atoms with E-state index in [1.54, 1.807) is 13.2 Å². The Bertz CT molecular complexity index is 453. The van der Waals surface area contributed by atoms with Crippen LogP contribution in [0.1, 0.15) is 6.92 Å². The number of anilines is 1. The third kappa shape index (κ3) is 3.61. The minimum atomic E-state index is -0.297. The highest BCUT2D eigenvalue weighted by Gasteiger charge is 2.29. The van der Waals surface area contributed by atoms with E-state index in [0.29, 0.717) is 31.3 Å². The molecule has 0 spiro atoms. The molecule has 0 aliphatic carbocycles. The summed E-state index contributed by atoms with van der Waals surface area (Å²) >= 11 is 0. The lowest BCUT2D eigenvalue weighted by Gasteiger charge is -2.18. The van der Waals surface area contributed by atoms with Gasteiger partial charge in [-0.15, -0.1) is 0 Å². The van der Waals surface area contributed by atoms with Gasteiger partial charge in [0.1, 0.15) is 11.9 Å². The van der Waals surface area contributed by atoms with Crippen molar-refractivity contribution >= 4 is 11.7 Å². The Hall–Kier alpha value is -1.79. The molecule has 1 aliphatic rings. The van der Waals surface area contributed by atoms with E-state index < -0.39 is 0 Å². The number of methoxy groups -OCH3 is 1. The molecule has 1 aromatic carbocycles. The summed E-state index contributed by atoms with van der Waals surface area (Å²) in [5.41, 5.74) is 0.639. The molecule has 1 heterocycles. The number of amides is 2. The van der Waals surface area contributed by atoms with Crippen LogP contribution in [-0.2, 0) is 9.47 Å². The van der Waals surface area contributed by atoms with Gasteiger partial charge in [-0.25, -0.2) is 4.79 Å². The van der Waals surface area contributed by atoms with Crippen LogP contribution in [0.2, 0.25) is 0 Å². The first-order valence-corrected chi connectivity index (χ1v) is 6.64. The third-order valence-electron chi connectivity index (χ3n) is 3.08. The maximum Gasteiger partial charge on any atom is 0.319 e. The van der Waals surface area contributed by atoms with E-state index in [0.717, 1.165) is 0 Å². The van der Waals surface area contributed by atoms with Gasteiger partial charge in [0.15, 0.2) is 0 Å². The minimum Gasteiger partial charge on any atom is -0.492 e. The van der Waals surface area contributed by atoms with Crippen LogP contribution in [0, 0.1) is 0 Å². The first-order valence-electron chi connectivity index (χ1n) is 6.64. The molecule has 2 rings (SSSR count). The summed E-state index contributed by atoms with van der Waals surface area (Å²) in [5.74, 6) is 0.649. The van der Waals surface area contributed by atoms with E-state index in [4.69, 9.17) is 14.2 Å². The fourth-order valence-electron chi connectivity index (χ4n) is 2.08. The summed E-state index contributed by atoms with van der Waals surface area (Å²) in [5, 5.41) is 5.62. The Morgan fingerprint density at radius 1 is 1.40 bits per heavy atom. The molecule has 1 fully saturated rings. The van der Waals surface area contributed by atoms with Crippen molar-refractivity contribution in [3.8, 4) is 5.75 Å². The highest BCUT2D eigenvalue weighted by molar-refractivity contribution is 5.91. The Labute approximate surface area is 118 Å². The zero-order chi connectivity index (χ0) is 14.4. The summed E-state index contributed by atoms with van der Waals surface area (Å²) in [6.45, 7) is 3.40. The lowest BCUT2D eigenvalue weighted by molar-refractivity contribution is 0.0748. The van der Waals surface area contributed by atoms with E-state index in [-0.39, 0.29) is 18.2 Å². The molecule has 6 nitrogen and oxygen atoms in total. The molecular weight excluding hydrogens is 260 g/mol. The maximum atomic E-state index is 12.0. The van der Waals surface area contributed by atoms with Gasteiger partial charge in [0, 0.05) is 7.11 Å². The van der Waals surface area contributed by atoms with E-state index in [9.17, 15) is 4.79 Å². The maximum absolute atomic E-state index is 12.0. The molecule has 20 heavy (non-hydrogen) atoms. The van der Waals surface area contributed by atoms with Crippen LogP contribution in [0.25, 0.3) is 0 Å². The van der Waals surface area contributed by atoms with Crippen LogP contribution in [0.15, 0.2) is 24.3 Å². The molecule has 2 atom stereocenters. The third-order valence-corrected chi connectivity index (χ3v) is 3.08. The monoisotopic (exact) mass is 280 g/mol. The normalized spacial score (nSPS) is 21.5. The number of hydrogen-bond acceptors (Lipinski definition) is 4. The fraction of sp³-hybridized carbons (Fsp3) is 0.500. The number of urea groups is 1. The van der Waals surface area contributed by atoms with Crippen molar-refractivity contribution in [3.63, 3.8) is 0 Å². The van der Waals surface area contributed by atoms with Crippen molar-refractivity contribution in [1.82, 2.24) is 5.32 Å². The molecule has 1 aliphatic heterocycles. The largest absolute Gasteiger partial charge is 0.492 e. The van der Waals surface area contributed by atoms with Crippen LogP contribution in [-0.4, -0.2) is 45.1 Å². The summed E-state index contributed by atoms with van der Waals surface area (Å²) in [7, 11) is 1.61. The standard InChI is InChI=1S/C14H20N2O4/c1-3-20-12-7-5-4-6-10(12)15-14(17)16-11-8-19-9-13(11)18-2/h4-7,11,13H,3,8-9H2,1-2H3,(H2,15,16,17)/t11-,13-/m0/s1. The summed E-state index contributed by atoms with van der Waals surface area (Å²) in [6.07, 6.45) is -0.108. The molecule has 2 N–H and O–H groups in total. The number of benzene rings is 1. The van der Waals surface area contributed by atoms with Crippen molar-refractivity contribution in [2.24, 2.45) is 0 Å². The van der Waals surface area contributed by atoms with Gasteiger partial charge in [-0.05, 0) is 19.1 Å². The predicted octanol–water partition coefficient (Wildman–Crippen LogP) is 1.62. The van der Waals surface area contributed by atoms with Gasteiger partial charge in [-0.1, -0.05) is 12.1 Å². The SMILES string of the molecule is CCOc1ccccc1NC(=O)N[C@H]1COC[C@@H]1OC. The zero-order valence-corrected chi connectivity index (χ0v) is 11.7. The average Bonchev–Trinajstić information content (AvgIpc) is 2.88. The van der Waals surface area contributed by atoms with E-state index in [2.05, 4.69) is 10.6 Å². The molecule has 0 bridgehead atoms. The minimum absolute atomic E-state index is 0.108. The topological polar surface area (TPSA) is 68.8 Å². The molecule has 2 amide bonds. The second-order valence-corrected chi connectivity index (χ2v) is 4.45. The second kappa shape index (κ2) is 7.12. The van der Waals surface area contributed by atoms with Gasteiger partial charge < -0.3 is 24.8 Å². The van der Waals surface area contributed by atoms with Crippen molar-refractivity contribution in [3.05, 3.63) is 24.3 Å². The number of para-hydroxylation sites is 2. The van der Waals surface area contributed by atoms with Crippen LogP contribution >= 0.6 is 0 Å². The van der Waals surface area contributed by atoms with Gasteiger partial charge in [0.25, 0.3) is 0 Å². The summed E-state index contributed by atoms with van der Waals surface area (Å²) in [6, 6.07) is 6.88. The number of hydrogen-bond donors (Lipinski definition) is 2. The number of carbonyl (C=O) groups is 1. The number of rotatable bonds is 5. The van der Waals surface area contributed by atoms with Crippen molar-refractivity contribution in [2.75, 3.05) is 32.2 Å². The first kappa shape index (κ1) is 14.6. The van der Waals surface area contributed by atoms with Crippen molar-refractivity contribution < 1.29 is 19.0 Å². The smallest absolute Gasteiger partial charge is 0.319 e. The van der Waals surface area contributed by atoms with Gasteiger partial charge in [0.2, 0.25) is 0 Å². The summed E-state index contributed by atoms with van der Waals surface area (Å²) in [4.78, 5) is 12.0. The van der Waals surface area contributed by atoms with Gasteiger partial charge in [-0.2, -0.15) is 0 Å². The number of nitrogens with one attached hydrogen (secondary N) is 2. The first-order chi connectivity index (χ1) is 9.74. The predicted molar refractivity (Wildman–Crippen MR) is 75.2 cm³/mol. The molecule has 1 saturated heterocycles. The molecular formula is C14H20N2O4. The molecule has 0 unspecified atom stereocenters. The van der Waals surface area contributed by atoms with E-state index in [1.165, 1.54) is 0 Å². The Kier molecular flexibility index (Phi) is 5.20. The van der Waals surface area contributed by atoms with Crippen LogP contribution in [0.5, 0.6) is 5.75 Å². The van der Waals surface area contributed by atoms with Gasteiger partial charge in [0.05, 0.1) is 31.5 Å². The van der Waals surface area contributed by atoms with E-state index >= 15 is 0 Å². The number of carbonyl (C=O) groups excluding carboxylic acids is 1. The lowest BCUT2D eigenvalue weighted by atomic mass is 10.2. The van der Waals surface area contributed by atoms with Crippen molar-refractivity contribution in [2.45, 2.75) is 19.1 Å². The van der Waals surface area contributed by atoms with Crippen LogP contribution in [0.4, 0.5) is 10.5 Å². The Morgan fingerprint density at radius 3 is 2.95 bits per heavy atom. The Morgan fingerprint density at radius 2 is 2.20 bits per heavy atom. The average molecular weight is 280 g/mol. The highest BCUT2D eigenvalue weighted by atomic mass is 16.5. The Balaban J connectivity index is 1.94. The van der Waals surface area contributed by atoms with Crippen molar-refractivity contribution in [1.29, 1.82) is 0 Å². The van der Waals surface area contributed by atoms with Crippen LogP contribution < -0.4 is 15.4 Å². The molecule has 0 aromatic heterocycles. The molecule has 0 radical (unpaired) electrons. The highest BCUT2D eigenvalue weighted by Crippen LogP contribution is 2.23. The quantitative estimate of drug-likeness (QED) is 0.860. The fourth-order valence-corrected chi connectivity index (χ4v) is 2.08. The molecule has 110 valence electrons. The molecule has 0 saturated carbocycles.